The van der Waals surface area contributed by atoms with E-state index in [0.717, 1.165) is 12.0 Å². The van der Waals surface area contributed by atoms with Gasteiger partial charge in [0.25, 0.3) is 0 Å². The van der Waals surface area contributed by atoms with E-state index in [1.807, 2.05) is 0 Å². The van der Waals surface area contributed by atoms with Crippen LogP contribution >= 0.6 is 28.1 Å². The number of benzene rings is 2. The second-order valence-corrected chi connectivity index (χ2v) is 6.42. The number of hydrogen-bond acceptors (Lipinski definition) is 1. The second-order valence-electron chi connectivity index (χ2n) is 5.09. The molecule has 0 aromatic heterocycles. The first-order valence-electron chi connectivity index (χ1n) is 7.08. The molecule has 0 heterocycles. The highest BCUT2D eigenvalue weighted by Gasteiger charge is 2.11. The second kappa shape index (κ2) is 7.70. The van der Waals surface area contributed by atoms with Crippen molar-refractivity contribution in [3.05, 3.63) is 63.9 Å². The molecule has 2 rings (SSSR count). The summed E-state index contributed by atoms with van der Waals surface area (Å²) in [6.07, 6.45) is 0.883. The first-order valence-corrected chi connectivity index (χ1v) is 8.29. The fourth-order valence-electron chi connectivity index (χ4n) is 2.13. The Morgan fingerprint density at radius 2 is 1.91 bits per heavy atom. The molecule has 0 spiro atoms. The van der Waals surface area contributed by atoms with E-state index in [4.69, 9.17) is 12.2 Å². The van der Waals surface area contributed by atoms with Gasteiger partial charge in [-0.05, 0) is 49.3 Å². The summed E-state index contributed by atoms with van der Waals surface area (Å²) < 4.78 is 14.5. The maximum atomic E-state index is 13.8. The van der Waals surface area contributed by atoms with Gasteiger partial charge in [0.1, 0.15) is 5.82 Å². The lowest BCUT2D eigenvalue weighted by atomic mass is 10.0. The van der Waals surface area contributed by atoms with Crippen molar-refractivity contribution in [1.29, 1.82) is 0 Å². The average Bonchev–Trinajstić information content (AvgIpc) is 2.49. The van der Waals surface area contributed by atoms with Gasteiger partial charge < -0.3 is 10.6 Å². The van der Waals surface area contributed by atoms with Gasteiger partial charge in [-0.1, -0.05) is 52.7 Å². The van der Waals surface area contributed by atoms with Crippen LogP contribution in [0.25, 0.3) is 0 Å². The molecule has 0 aliphatic rings. The monoisotopic (exact) mass is 380 g/mol. The molecule has 0 fully saturated rings. The third kappa shape index (κ3) is 4.52. The van der Waals surface area contributed by atoms with Crippen LogP contribution in [0.3, 0.4) is 0 Å². The van der Waals surface area contributed by atoms with Crippen molar-refractivity contribution in [1.82, 2.24) is 5.32 Å². The molecule has 5 heteroatoms. The molecule has 2 aromatic rings. The molecule has 2 nitrogen and oxygen atoms in total. The third-order valence-corrected chi connectivity index (χ3v) is 4.09. The predicted octanol–water partition coefficient (Wildman–Crippen LogP) is 5.33. The van der Waals surface area contributed by atoms with Crippen molar-refractivity contribution >= 4 is 38.9 Å². The fourth-order valence-corrected chi connectivity index (χ4v) is 2.71. The lowest BCUT2D eigenvalue weighted by Crippen LogP contribution is -2.32. The van der Waals surface area contributed by atoms with E-state index in [-0.39, 0.29) is 11.9 Å². The van der Waals surface area contributed by atoms with Gasteiger partial charge in [0.2, 0.25) is 0 Å². The first-order chi connectivity index (χ1) is 10.5. The number of aryl methyl sites for hydroxylation is 1. The minimum absolute atomic E-state index is 0.0964. The molecule has 0 amide bonds. The number of thiocarbonyl (C=S) groups is 1. The van der Waals surface area contributed by atoms with Gasteiger partial charge in [0.05, 0.1) is 11.7 Å². The maximum absolute atomic E-state index is 13.8. The van der Waals surface area contributed by atoms with Gasteiger partial charge >= 0.3 is 0 Å². The van der Waals surface area contributed by atoms with Crippen LogP contribution in [0, 0.1) is 12.7 Å². The Labute approximate surface area is 144 Å². The van der Waals surface area contributed by atoms with Gasteiger partial charge in [-0.3, -0.25) is 0 Å². The van der Waals surface area contributed by atoms with Gasteiger partial charge in [-0.2, -0.15) is 0 Å². The Balaban J connectivity index is 2.04. The summed E-state index contributed by atoms with van der Waals surface area (Å²) in [6, 6.07) is 13.2. The van der Waals surface area contributed by atoms with Crippen molar-refractivity contribution < 1.29 is 4.39 Å². The zero-order chi connectivity index (χ0) is 16.1. The molecule has 0 aliphatic heterocycles. The number of anilines is 1. The molecule has 0 bridgehead atoms. The Hall–Kier alpha value is -1.46. The topological polar surface area (TPSA) is 24.1 Å². The van der Waals surface area contributed by atoms with Crippen LogP contribution in [0.15, 0.2) is 46.9 Å². The van der Waals surface area contributed by atoms with Crippen molar-refractivity contribution in [2.45, 2.75) is 26.3 Å². The SMILES string of the molecule is CCC(NC(=S)Nc1ccc(Br)cc1F)c1ccc(C)cc1. The quantitative estimate of drug-likeness (QED) is 0.700. The number of rotatable bonds is 4. The summed E-state index contributed by atoms with van der Waals surface area (Å²) in [4.78, 5) is 0. The average molecular weight is 381 g/mol. The highest BCUT2D eigenvalue weighted by atomic mass is 79.9. The van der Waals surface area contributed by atoms with E-state index in [9.17, 15) is 4.39 Å². The third-order valence-electron chi connectivity index (χ3n) is 3.37. The summed E-state index contributed by atoms with van der Waals surface area (Å²) in [5.74, 6) is -0.345. The molecule has 0 saturated carbocycles. The van der Waals surface area contributed by atoms with E-state index in [0.29, 0.717) is 15.3 Å². The fraction of sp³-hybridized carbons (Fsp3) is 0.235. The smallest absolute Gasteiger partial charge is 0.171 e. The molecule has 0 saturated heterocycles. The van der Waals surface area contributed by atoms with Crippen LogP contribution in [0.1, 0.15) is 30.5 Å². The molecule has 116 valence electrons. The van der Waals surface area contributed by atoms with E-state index < -0.39 is 0 Å². The van der Waals surface area contributed by atoms with E-state index in [1.54, 1.807) is 12.1 Å². The standard InChI is InChI=1S/C17H18BrFN2S/c1-3-15(12-6-4-11(2)5-7-12)20-17(22)21-16-9-8-13(18)10-14(16)19/h4-10,15H,3H2,1-2H3,(H2,20,21,22). The molecule has 1 atom stereocenters. The Morgan fingerprint density at radius 3 is 2.50 bits per heavy atom. The molecule has 0 radical (unpaired) electrons. The van der Waals surface area contributed by atoms with Gasteiger partial charge in [0, 0.05) is 4.47 Å². The Kier molecular flexibility index (Phi) is 5.91. The van der Waals surface area contributed by atoms with Crippen molar-refractivity contribution in [2.75, 3.05) is 5.32 Å². The number of nitrogens with one attached hydrogen (secondary N) is 2. The van der Waals surface area contributed by atoms with E-state index in [1.165, 1.54) is 11.6 Å². The highest BCUT2D eigenvalue weighted by molar-refractivity contribution is 9.10. The minimum Gasteiger partial charge on any atom is -0.356 e. The zero-order valence-corrected chi connectivity index (χ0v) is 14.9. The van der Waals surface area contributed by atoms with E-state index >= 15 is 0 Å². The normalized spacial score (nSPS) is 11.8. The molecule has 1 unspecified atom stereocenters. The molecule has 2 aromatic carbocycles. The van der Waals surface area contributed by atoms with Gasteiger partial charge in [-0.25, -0.2) is 4.39 Å². The predicted molar refractivity (Wildman–Crippen MR) is 97.7 cm³/mol. The van der Waals surface area contributed by atoms with E-state index in [2.05, 4.69) is 64.7 Å². The van der Waals surface area contributed by atoms with Crippen LogP contribution in [0.4, 0.5) is 10.1 Å². The molecule has 2 N–H and O–H groups in total. The number of hydrogen-bond donors (Lipinski definition) is 2. The summed E-state index contributed by atoms with van der Waals surface area (Å²) in [7, 11) is 0. The van der Waals surface area contributed by atoms with Gasteiger partial charge in [-0.15, -0.1) is 0 Å². The number of halogens is 2. The Morgan fingerprint density at radius 1 is 1.23 bits per heavy atom. The molecular formula is C17H18BrFN2S. The van der Waals surface area contributed by atoms with Gasteiger partial charge in [0.15, 0.2) is 5.11 Å². The lowest BCUT2D eigenvalue weighted by molar-refractivity contribution is 0.623. The summed E-state index contributed by atoms with van der Waals surface area (Å²) in [5.41, 5.74) is 2.74. The highest BCUT2D eigenvalue weighted by Crippen LogP contribution is 2.21. The Bertz CT molecular complexity index is 658. The summed E-state index contributed by atoms with van der Waals surface area (Å²) in [5, 5.41) is 6.55. The largest absolute Gasteiger partial charge is 0.356 e. The summed E-state index contributed by atoms with van der Waals surface area (Å²) in [6.45, 7) is 4.14. The van der Waals surface area contributed by atoms with Crippen LogP contribution in [0.2, 0.25) is 0 Å². The summed E-state index contributed by atoms with van der Waals surface area (Å²) >= 11 is 8.53. The van der Waals surface area contributed by atoms with Crippen LogP contribution in [-0.4, -0.2) is 5.11 Å². The van der Waals surface area contributed by atoms with Crippen LogP contribution in [-0.2, 0) is 0 Å². The molecule has 0 aliphatic carbocycles. The molecule has 22 heavy (non-hydrogen) atoms. The van der Waals surface area contributed by atoms with Crippen molar-refractivity contribution in [2.24, 2.45) is 0 Å². The van der Waals surface area contributed by atoms with Crippen molar-refractivity contribution in [3.8, 4) is 0 Å². The molecular weight excluding hydrogens is 363 g/mol. The zero-order valence-electron chi connectivity index (χ0n) is 12.5. The van der Waals surface area contributed by atoms with Crippen LogP contribution in [0.5, 0.6) is 0 Å². The lowest BCUT2D eigenvalue weighted by Gasteiger charge is -2.20. The van der Waals surface area contributed by atoms with Crippen LogP contribution < -0.4 is 10.6 Å². The minimum atomic E-state index is -0.345. The maximum Gasteiger partial charge on any atom is 0.171 e. The van der Waals surface area contributed by atoms with Crippen molar-refractivity contribution in [3.63, 3.8) is 0 Å². The first kappa shape index (κ1) is 16.9.